The van der Waals surface area contributed by atoms with E-state index in [0.29, 0.717) is 10.7 Å². The standard InChI is InChI=1S/C18H15BrClNO3/c1-12-15(9-8-14(19)18(12)20)21-16(22)11-24-17(23)10-7-13-5-3-2-4-6-13/h2-10H,11H2,1H3,(H,21,22)/b10-7+. The summed E-state index contributed by atoms with van der Waals surface area (Å²) in [6, 6.07) is 12.8. The van der Waals surface area contributed by atoms with Crippen molar-refractivity contribution in [1.29, 1.82) is 0 Å². The number of hydrogen-bond donors (Lipinski definition) is 1. The lowest BCUT2D eigenvalue weighted by atomic mass is 10.2. The minimum absolute atomic E-state index is 0.370. The van der Waals surface area contributed by atoms with Crippen molar-refractivity contribution in [2.75, 3.05) is 11.9 Å². The van der Waals surface area contributed by atoms with E-state index in [9.17, 15) is 9.59 Å². The maximum absolute atomic E-state index is 11.9. The molecule has 0 radical (unpaired) electrons. The van der Waals surface area contributed by atoms with Gasteiger partial charge in [0.1, 0.15) is 0 Å². The highest BCUT2D eigenvalue weighted by Crippen LogP contribution is 2.30. The van der Waals surface area contributed by atoms with E-state index in [1.807, 2.05) is 30.3 Å². The fourth-order valence-corrected chi connectivity index (χ4v) is 2.48. The Morgan fingerprint density at radius 1 is 1.21 bits per heavy atom. The van der Waals surface area contributed by atoms with Crippen LogP contribution in [0.25, 0.3) is 6.08 Å². The number of anilines is 1. The lowest BCUT2D eigenvalue weighted by molar-refractivity contribution is -0.142. The number of halogens is 2. The van der Waals surface area contributed by atoms with Crippen LogP contribution in [0.5, 0.6) is 0 Å². The Morgan fingerprint density at radius 2 is 1.92 bits per heavy atom. The largest absolute Gasteiger partial charge is 0.452 e. The molecule has 24 heavy (non-hydrogen) atoms. The first-order chi connectivity index (χ1) is 11.5. The number of benzene rings is 2. The van der Waals surface area contributed by atoms with Crippen molar-refractivity contribution >= 4 is 51.2 Å². The van der Waals surface area contributed by atoms with Gasteiger partial charge in [-0.15, -0.1) is 0 Å². The molecule has 2 aromatic carbocycles. The summed E-state index contributed by atoms with van der Waals surface area (Å²) >= 11 is 9.41. The van der Waals surface area contributed by atoms with Gasteiger partial charge in [0.2, 0.25) is 0 Å². The second kappa shape index (κ2) is 8.66. The van der Waals surface area contributed by atoms with Crippen LogP contribution in [0.15, 0.2) is 53.0 Å². The molecule has 0 aliphatic rings. The summed E-state index contributed by atoms with van der Waals surface area (Å²) in [7, 11) is 0. The van der Waals surface area contributed by atoms with Gasteiger partial charge in [-0.1, -0.05) is 41.9 Å². The molecule has 4 nitrogen and oxygen atoms in total. The van der Waals surface area contributed by atoms with Gasteiger partial charge in [-0.25, -0.2) is 4.79 Å². The summed E-state index contributed by atoms with van der Waals surface area (Å²) in [5, 5.41) is 3.19. The van der Waals surface area contributed by atoms with Gasteiger partial charge in [0.05, 0.1) is 5.02 Å². The molecule has 0 heterocycles. The number of amides is 1. The maximum atomic E-state index is 11.9. The van der Waals surface area contributed by atoms with Crippen LogP contribution >= 0.6 is 27.5 Å². The smallest absolute Gasteiger partial charge is 0.331 e. The maximum Gasteiger partial charge on any atom is 0.331 e. The molecule has 0 bridgehead atoms. The van der Waals surface area contributed by atoms with Crippen LogP contribution in [0.3, 0.4) is 0 Å². The number of rotatable bonds is 5. The Labute approximate surface area is 153 Å². The van der Waals surface area contributed by atoms with Crippen LogP contribution in [0, 0.1) is 6.92 Å². The Morgan fingerprint density at radius 3 is 2.62 bits per heavy atom. The summed E-state index contributed by atoms with van der Waals surface area (Å²) < 4.78 is 5.66. The van der Waals surface area contributed by atoms with Gasteiger partial charge in [0.25, 0.3) is 5.91 Å². The molecule has 0 fully saturated rings. The van der Waals surface area contributed by atoms with Crippen molar-refractivity contribution < 1.29 is 14.3 Å². The third-order valence-electron chi connectivity index (χ3n) is 3.17. The molecule has 0 unspecified atom stereocenters. The lowest BCUT2D eigenvalue weighted by Crippen LogP contribution is -2.20. The molecule has 0 saturated heterocycles. The minimum Gasteiger partial charge on any atom is -0.452 e. The molecule has 0 aliphatic carbocycles. The number of nitrogens with one attached hydrogen (secondary N) is 1. The van der Waals surface area contributed by atoms with E-state index in [-0.39, 0.29) is 6.61 Å². The van der Waals surface area contributed by atoms with Gasteiger partial charge >= 0.3 is 5.97 Å². The zero-order valence-corrected chi connectivity index (χ0v) is 15.2. The van der Waals surface area contributed by atoms with Gasteiger partial charge in [-0.05, 0) is 52.2 Å². The summed E-state index contributed by atoms with van der Waals surface area (Å²) in [5.41, 5.74) is 2.18. The van der Waals surface area contributed by atoms with Crippen molar-refractivity contribution in [3.8, 4) is 0 Å². The first kappa shape index (κ1) is 18.2. The van der Waals surface area contributed by atoms with Crippen molar-refractivity contribution in [3.05, 3.63) is 69.2 Å². The molecule has 6 heteroatoms. The molecule has 0 spiro atoms. The molecule has 0 atom stereocenters. The fourth-order valence-electron chi connectivity index (χ4n) is 1.89. The molecule has 1 amide bonds. The molecule has 0 saturated carbocycles. The highest BCUT2D eigenvalue weighted by atomic mass is 79.9. The highest BCUT2D eigenvalue weighted by molar-refractivity contribution is 9.10. The van der Waals surface area contributed by atoms with E-state index in [1.54, 1.807) is 25.1 Å². The number of esters is 1. The Kier molecular flexibility index (Phi) is 6.58. The molecule has 0 aromatic heterocycles. The molecule has 2 rings (SSSR count). The van der Waals surface area contributed by atoms with Gasteiger partial charge in [-0.3, -0.25) is 4.79 Å². The highest BCUT2D eigenvalue weighted by Gasteiger charge is 2.10. The molecular formula is C18H15BrClNO3. The van der Waals surface area contributed by atoms with Crippen LogP contribution in [-0.4, -0.2) is 18.5 Å². The van der Waals surface area contributed by atoms with Crippen molar-refractivity contribution in [3.63, 3.8) is 0 Å². The van der Waals surface area contributed by atoms with Crippen LogP contribution in [0.2, 0.25) is 5.02 Å². The quantitative estimate of drug-likeness (QED) is 0.581. The van der Waals surface area contributed by atoms with E-state index in [1.165, 1.54) is 6.08 Å². The molecule has 0 aliphatic heterocycles. The summed E-state index contributed by atoms with van der Waals surface area (Å²) in [5.74, 6) is -1.02. The van der Waals surface area contributed by atoms with Gasteiger partial charge < -0.3 is 10.1 Å². The predicted molar refractivity (Wildman–Crippen MR) is 99.0 cm³/mol. The molecule has 124 valence electrons. The zero-order valence-electron chi connectivity index (χ0n) is 12.9. The number of carbonyl (C=O) groups is 2. The first-order valence-electron chi connectivity index (χ1n) is 7.11. The fraction of sp³-hybridized carbons (Fsp3) is 0.111. The van der Waals surface area contributed by atoms with E-state index < -0.39 is 11.9 Å². The van der Waals surface area contributed by atoms with Crippen LogP contribution in [-0.2, 0) is 14.3 Å². The van der Waals surface area contributed by atoms with E-state index in [2.05, 4.69) is 21.2 Å². The Hall–Kier alpha value is -2.11. The molecule has 2 aromatic rings. The summed E-state index contributed by atoms with van der Waals surface area (Å²) in [4.78, 5) is 23.5. The van der Waals surface area contributed by atoms with E-state index >= 15 is 0 Å². The monoisotopic (exact) mass is 407 g/mol. The minimum atomic E-state index is -0.584. The van der Waals surface area contributed by atoms with Gasteiger partial charge in [0.15, 0.2) is 6.61 Å². The Bertz CT molecular complexity index is 775. The second-order valence-electron chi connectivity index (χ2n) is 4.93. The second-order valence-corrected chi connectivity index (χ2v) is 6.17. The lowest BCUT2D eigenvalue weighted by Gasteiger charge is -2.10. The van der Waals surface area contributed by atoms with Crippen LogP contribution in [0.4, 0.5) is 5.69 Å². The molecular weight excluding hydrogens is 394 g/mol. The summed E-state index contributed by atoms with van der Waals surface area (Å²) in [6.07, 6.45) is 2.91. The van der Waals surface area contributed by atoms with E-state index in [0.717, 1.165) is 15.6 Å². The van der Waals surface area contributed by atoms with Crippen molar-refractivity contribution in [1.82, 2.24) is 0 Å². The average Bonchev–Trinajstić information content (AvgIpc) is 2.59. The molecule has 1 N–H and O–H groups in total. The normalized spacial score (nSPS) is 10.6. The zero-order chi connectivity index (χ0) is 17.5. The third kappa shape index (κ3) is 5.22. The number of ether oxygens (including phenoxy) is 1. The van der Waals surface area contributed by atoms with Crippen molar-refractivity contribution in [2.24, 2.45) is 0 Å². The van der Waals surface area contributed by atoms with Gasteiger partial charge in [-0.2, -0.15) is 0 Å². The first-order valence-corrected chi connectivity index (χ1v) is 8.29. The average molecular weight is 409 g/mol. The van der Waals surface area contributed by atoms with Crippen molar-refractivity contribution in [2.45, 2.75) is 6.92 Å². The van der Waals surface area contributed by atoms with Crippen LogP contribution in [0.1, 0.15) is 11.1 Å². The third-order valence-corrected chi connectivity index (χ3v) is 4.55. The summed E-state index contributed by atoms with van der Waals surface area (Å²) in [6.45, 7) is 1.42. The predicted octanol–water partition coefficient (Wildman–Crippen LogP) is 4.61. The Balaban J connectivity index is 1.86. The number of hydrogen-bond acceptors (Lipinski definition) is 3. The van der Waals surface area contributed by atoms with E-state index in [4.69, 9.17) is 16.3 Å². The number of carbonyl (C=O) groups excluding carboxylic acids is 2. The SMILES string of the molecule is Cc1c(NC(=O)COC(=O)/C=C/c2ccccc2)ccc(Br)c1Cl. The topological polar surface area (TPSA) is 55.4 Å². The van der Waals surface area contributed by atoms with Gasteiger partial charge in [0, 0.05) is 16.2 Å². The van der Waals surface area contributed by atoms with Crippen LogP contribution < -0.4 is 5.32 Å².